The van der Waals surface area contributed by atoms with Gasteiger partial charge in [-0.2, -0.15) is 0 Å². The molecule has 0 atom stereocenters. The summed E-state index contributed by atoms with van der Waals surface area (Å²) in [5, 5.41) is 6.66. The summed E-state index contributed by atoms with van der Waals surface area (Å²) < 4.78 is 7.56. The largest absolute Gasteiger partial charge is 0.444 e. The maximum Gasteiger partial charge on any atom is 0.410 e. The lowest BCUT2D eigenvalue weighted by atomic mass is 10.2. The molecule has 1 amide bonds. The lowest BCUT2D eigenvalue weighted by molar-refractivity contribution is 0.0147. The molecule has 2 heterocycles. The molecule has 2 N–H and O–H groups in total. The van der Waals surface area contributed by atoms with Gasteiger partial charge in [0.1, 0.15) is 5.60 Å². The first-order valence-electron chi connectivity index (χ1n) is 9.63. The number of nitrogens with zero attached hydrogens (tertiary/aromatic N) is 4. The van der Waals surface area contributed by atoms with Gasteiger partial charge in [0.2, 0.25) is 0 Å². The molecule has 0 spiro atoms. The monoisotopic (exact) mass is 506 g/mol. The predicted molar refractivity (Wildman–Crippen MR) is 123 cm³/mol. The van der Waals surface area contributed by atoms with Crippen molar-refractivity contribution in [3.05, 3.63) is 24.5 Å². The fraction of sp³-hybridized carbons (Fsp3) is 0.684. The first-order chi connectivity index (χ1) is 12.9. The number of hydrogen-bond donors (Lipinski definition) is 2. The van der Waals surface area contributed by atoms with Crippen LogP contribution in [0, 0.1) is 0 Å². The van der Waals surface area contributed by atoms with Crippen molar-refractivity contribution in [2.45, 2.75) is 32.9 Å². The van der Waals surface area contributed by atoms with Crippen LogP contribution in [0.4, 0.5) is 4.79 Å². The van der Waals surface area contributed by atoms with E-state index in [1.165, 1.54) is 0 Å². The van der Waals surface area contributed by atoms with E-state index >= 15 is 0 Å². The SMILES string of the molecule is CN=C(NCCN1CCN(C(=O)OC(C)(C)C)CC1)NCCn1cccc1.I. The van der Waals surface area contributed by atoms with Crippen molar-refractivity contribution in [3.8, 4) is 0 Å². The molecule has 1 aromatic heterocycles. The lowest BCUT2D eigenvalue weighted by Crippen LogP contribution is -2.51. The van der Waals surface area contributed by atoms with E-state index in [9.17, 15) is 4.79 Å². The molecule has 0 bridgehead atoms. The number of aliphatic imine (C=N–C) groups is 1. The zero-order valence-electron chi connectivity index (χ0n) is 17.5. The number of piperazine rings is 1. The Morgan fingerprint density at radius 2 is 1.61 bits per heavy atom. The summed E-state index contributed by atoms with van der Waals surface area (Å²) in [5.41, 5.74) is -0.442. The summed E-state index contributed by atoms with van der Waals surface area (Å²) in [4.78, 5) is 20.5. The molecule has 1 saturated heterocycles. The van der Waals surface area contributed by atoms with Crippen LogP contribution in [0.2, 0.25) is 0 Å². The second kappa shape index (κ2) is 12.2. The molecule has 0 unspecified atom stereocenters. The molecule has 160 valence electrons. The molecule has 8 nitrogen and oxygen atoms in total. The van der Waals surface area contributed by atoms with E-state index in [4.69, 9.17) is 4.74 Å². The second-order valence-electron chi connectivity index (χ2n) is 7.66. The highest BCUT2D eigenvalue weighted by Gasteiger charge is 2.25. The topological polar surface area (TPSA) is 74.1 Å². The van der Waals surface area contributed by atoms with Crippen molar-refractivity contribution < 1.29 is 9.53 Å². The average Bonchev–Trinajstić information content (AvgIpc) is 3.13. The Morgan fingerprint density at radius 3 is 2.14 bits per heavy atom. The van der Waals surface area contributed by atoms with Gasteiger partial charge in [0.05, 0.1) is 0 Å². The molecule has 9 heteroatoms. The summed E-state index contributed by atoms with van der Waals surface area (Å²) in [6.07, 6.45) is 3.89. The molecule has 1 aliphatic heterocycles. The summed E-state index contributed by atoms with van der Waals surface area (Å²) in [7, 11) is 1.78. The molecule has 28 heavy (non-hydrogen) atoms. The van der Waals surface area contributed by atoms with Gasteiger partial charge in [-0.05, 0) is 32.9 Å². The first-order valence-corrected chi connectivity index (χ1v) is 9.63. The molecule has 1 aromatic rings. The molecule has 2 rings (SSSR count). The number of nitrogens with one attached hydrogen (secondary N) is 2. The van der Waals surface area contributed by atoms with Crippen LogP contribution in [0.25, 0.3) is 0 Å². The highest BCUT2D eigenvalue weighted by molar-refractivity contribution is 14.0. The van der Waals surface area contributed by atoms with Crippen LogP contribution in [0.15, 0.2) is 29.5 Å². The zero-order valence-corrected chi connectivity index (χ0v) is 19.8. The Labute approximate surface area is 185 Å². The zero-order chi connectivity index (χ0) is 19.7. The van der Waals surface area contributed by atoms with E-state index in [0.717, 1.165) is 45.2 Å². The van der Waals surface area contributed by atoms with E-state index in [1.807, 2.05) is 32.9 Å². The number of aromatic nitrogens is 1. The molecule has 0 aromatic carbocycles. The van der Waals surface area contributed by atoms with Gasteiger partial charge in [0.25, 0.3) is 0 Å². The lowest BCUT2D eigenvalue weighted by Gasteiger charge is -2.35. The van der Waals surface area contributed by atoms with E-state index in [1.54, 1.807) is 11.9 Å². The maximum atomic E-state index is 12.1. The maximum absolute atomic E-state index is 12.1. The quantitative estimate of drug-likeness (QED) is 0.350. The molecule has 1 fully saturated rings. The van der Waals surface area contributed by atoms with Crippen molar-refractivity contribution in [1.29, 1.82) is 0 Å². The van der Waals surface area contributed by atoms with Crippen LogP contribution in [0.5, 0.6) is 0 Å². The minimum Gasteiger partial charge on any atom is -0.444 e. The molecular formula is C19H35IN6O2. The fourth-order valence-corrected chi connectivity index (χ4v) is 2.86. The second-order valence-corrected chi connectivity index (χ2v) is 7.66. The van der Waals surface area contributed by atoms with Gasteiger partial charge in [-0.25, -0.2) is 4.79 Å². The number of carbonyl (C=O) groups is 1. The normalized spacial score (nSPS) is 15.7. The average molecular weight is 506 g/mol. The fourth-order valence-electron chi connectivity index (χ4n) is 2.86. The Balaban J connectivity index is 0.00000392. The van der Waals surface area contributed by atoms with Crippen molar-refractivity contribution in [2.24, 2.45) is 4.99 Å². The predicted octanol–water partition coefficient (Wildman–Crippen LogP) is 1.82. The molecule has 0 radical (unpaired) electrons. The number of ether oxygens (including phenoxy) is 1. The third kappa shape index (κ3) is 9.13. The standard InChI is InChI=1S/C19H34N6O2.HI/c1-19(2,3)27-18(26)25-15-13-24(14-16-25)12-8-22-17(20-4)21-7-11-23-9-5-6-10-23;/h5-6,9-10H,7-8,11-16H2,1-4H3,(H2,20,21,22);1H. The third-order valence-electron chi connectivity index (χ3n) is 4.30. The third-order valence-corrected chi connectivity index (χ3v) is 4.30. The van der Waals surface area contributed by atoms with E-state index in [-0.39, 0.29) is 30.1 Å². The molecular weight excluding hydrogens is 471 g/mol. The minimum absolute atomic E-state index is 0. The van der Waals surface area contributed by atoms with Gasteiger partial charge >= 0.3 is 6.09 Å². The Morgan fingerprint density at radius 1 is 1.04 bits per heavy atom. The van der Waals surface area contributed by atoms with E-state index in [0.29, 0.717) is 13.1 Å². The highest BCUT2D eigenvalue weighted by atomic mass is 127. The van der Waals surface area contributed by atoms with Gasteiger partial charge in [-0.1, -0.05) is 0 Å². The van der Waals surface area contributed by atoms with Crippen molar-refractivity contribution in [3.63, 3.8) is 0 Å². The highest BCUT2D eigenvalue weighted by Crippen LogP contribution is 2.11. The molecule has 0 saturated carbocycles. The minimum atomic E-state index is -0.442. The Bertz CT molecular complexity index is 592. The summed E-state index contributed by atoms with van der Waals surface area (Å²) >= 11 is 0. The Kier molecular flexibility index (Phi) is 10.7. The van der Waals surface area contributed by atoms with Crippen LogP contribution in [0.1, 0.15) is 20.8 Å². The number of hydrogen-bond acceptors (Lipinski definition) is 4. The Hall–Kier alpha value is -1.49. The van der Waals surface area contributed by atoms with E-state index in [2.05, 4.69) is 37.5 Å². The van der Waals surface area contributed by atoms with Crippen molar-refractivity contribution in [2.75, 3.05) is 52.9 Å². The van der Waals surface area contributed by atoms with Crippen LogP contribution in [0.3, 0.4) is 0 Å². The first kappa shape index (κ1) is 24.5. The molecule has 0 aliphatic carbocycles. The number of halogens is 1. The molecule has 1 aliphatic rings. The van der Waals surface area contributed by atoms with Gasteiger partial charge in [-0.3, -0.25) is 9.89 Å². The summed E-state index contributed by atoms with van der Waals surface area (Å²) in [5.74, 6) is 0.814. The van der Waals surface area contributed by atoms with Gasteiger partial charge in [0.15, 0.2) is 5.96 Å². The van der Waals surface area contributed by atoms with Gasteiger partial charge in [-0.15, -0.1) is 24.0 Å². The summed E-state index contributed by atoms with van der Waals surface area (Å²) in [6, 6.07) is 4.05. The number of amides is 1. The van der Waals surface area contributed by atoms with Crippen LogP contribution < -0.4 is 10.6 Å². The number of rotatable bonds is 6. The van der Waals surface area contributed by atoms with Crippen LogP contribution in [-0.2, 0) is 11.3 Å². The smallest absolute Gasteiger partial charge is 0.410 e. The number of carbonyl (C=O) groups excluding carboxylic acids is 1. The number of guanidine groups is 1. The van der Waals surface area contributed by atoms with E-state index < -0.39 is 5.60 Å². The van der Waals surface area contributed by atoms with Crippen LogP contribution >= 0.6 is 24.0 Å². The van der Waals surface area contributed by atoms with Crippen molar-refractivity contribution in [1.82, 2.24) is 25.0 Å². The van der Waals surface area contributed by atoms with Crippen LogP contribution in [-0.4, -0.2) is 84.9 Å². The van der Waals surface area contributed by atoms with Gasteiger partial charge in [0, 0.05) is 71.8 Å². The van der Waals surface area contributed by atoms with Gasteiger partial charge < -0.3 is 24.8 Å². The summed E-state index contributed by atoms with van der Waals surface area (Å²) in [6.45, 7) is 12.3. The van der Waals surface area contributed by atoms with Crippen molar-refractivity contribution >= 4 is 36.0 Å².